The maximum Gasteiger partial charge on any atom is 0.220 e. The fourth-order valence-corrected chi connectivity index (χ4v) is 6.27. The zero-order chi connectivity index (χ0) is 16.7. The molecule has 0 aromatic carbocycles. The smallest absolute Gasteiger partial charge is 0.220 e. The zero-order valence-electron chi connectivity index (χ0n) is 15.2. The van der Waals surface area contributed by atoms with Crippen LogP contribution in [0.2, 0.25) is 0 Å². The zero-order valence-corrected chi connectivity index (χ0v) is 15.2. The molecule has 1 amide bonds. The molecule has 0 spiro atoms. The Morgan fingerprint density at radius 2 is 1.83 bits per heavy atom. The Balaban J connectivity index is 1.23. The monoisotopic (exact) mass is 329 g/mol. The third-order valence-electron chi connectivity index (χ3n) is 6.67. The minimum atomic E-state index is 0.283. The summed E-state index contributed by atoms with van der Waals surface area (Å²) in [6.45, 7) is 5.77. The van der Waals surface area contributed by atoms with Crippen LogP contribution in [0.4, 0.5) is 0 Å². The average Bonchev–Trinajstić information content (AvgIpc) is 2.79. The van der Waals surface area contributed by atoms with Crippen molar-refractivity contribution in [3.63, 3.8) is 0 Å². The topological polar surface area (TPSA) is 46.9 Å². The van der Waals surface area contributed by atoms with Gasteiger partial charge in [-0.05, 0) is 88.0 Å². The Morgan fingerprint density at radius 3 is 2.38 bits per heavy atom. The molecule has 4 aliphatic rings. The van der Waals surface area contributed by atoms with E-state index in [9.17, 15) is 4.79 Å². The highest BCUT2D eigenvalue weighted by Gasteiger charge is 2.51. The molecule has 1 aromatic heterocycles. The van der Waals surface area contributed by atoms with Gasteiger partial charge < -0.3 is 5.32 Å². The molecule has 4 saturated carbocycles. The van der Waals surface area contributed by atoms with Gasteiger partial charge in [0.2, 0.25) is 5.91 Å². The number of aryl methyl sites for hydroxylation is 3. The third-order valence-corrected chi connectivity index (χ3v) is 6.67. The lowest BCUT2D eigenvalue weighted by Crippen LogP contribution is -2.48. The second-order valence-electron chi connectivity index (χ2n) is 8.95. The summed E-state index contributed by atoms with van der Waals surface area (Å²) in [6.07, 6.45) is 10.0. The van der Waals surface area contributed by atoms with E-state index in [0.717, 1.165) is 49.4 Å². The number of carbonyl (C=O) groups excluding carboxylic acids is 1. The molecule has 4 nitrogen and oxygen atoms in total. The molecule has 0 aliphatic heterocycles. The quantitative estimate of drug-likeness (QED) is 0.810. The summed E-state index contributed by atoms with van der Waals surface area (Å²) in [5.74, 6) is 3.06. The summed E-state index contributed by atoms with van der Waals surface area (Å²) in [5, 5.41) is 7.65. The van der Waals surface area contributed by atoms with Crippen LogP contribution < -0.4 is 5.32 Å². The van der Waals surface area contributed by atoms with Crippen molar-refractivity contribution in [1.29, 1.82) is 0 Å². The van der Waals surface area contributed by atoms with E-state index >= 15 is 0 Å². The Bertz CT molecular complexity index is 583. The molecule has 4 aliphatic carbocycles. The van der Waals surface area contributed by atoms with Crippen molar-refractivity contribution in [2.75, 3.05) is 6.54 Å². The molecular formula is C20H31N3O. The largest absolute Gasteiger partial charge is 0.356 e. The molecule has 5 rings (SSSR count). The van der Waals surface area contributed by atoms with Crippen molar-refractivity contribution in [2.24, 2.45) is 23.2 Å². The molecule has 0 unspecified atom stereocenters. The molecule has 1 heterocycles. The van der Waals surface area contributed by atoms with Crippen LogP contribution in [0.15, 0.2) is 6.07 Å². The van der Waals surface area contributed by atoms with Gasteiger partial charge in [0.05, 0.1) is 5.69 Å². The van der Waals surface area contributed by atoms with E-state index in [1.54, 1.807) is 0 Å². The third kappa shape index (κ3) is 3.25. The molecule has 4 heteroatoms. The van der Waals surface area contributed by atoms with E-state index < -0.39 is 0 Å². The Morgan fingerprint density at radius 1 is 1.21 bits per heavy atom. The van der Waals surface area contributed by atoms with Crippen LogP contribution in [0, 0.1) is 37.0 Å². The van der Waals surface area contributed by atoms with E-state index in [2.05, 4.69) is 23.4 Å². The number of nitrogens with zero attached hydrogens (tertiary/aromatic N) is 2. The highest BCUT2D eigenvalue weighted by molar-refractivity contribution is 5.76. The predicted octanol–water partition coefficient (Wildman–Crippen LogP) is 3.61. The van der Waals surface area contributed by atoms with E-state index in [4.69, 9.17) is 0 Å². The first-order chi connectivity index (χ1) is 11.5. The molecule has 1 N–H and O–H groups in total. The first kappa shape index (κ1) is 16.2. The summed E-state index contributed by atoms with van der Waals surface area (Å²) in [5.41, 5.74) is 2.62. The first-order valence-electron chi connectivity index (χ1n) is 9.79. The van der Waals surface area contributed by atoms with E-state index in [0.29, 0.717) is 5.41 Å². The molecule has 24 heavy (non-hydrogen) atoms. The van der Waals surface area contributed by atoms with Gasteiger partial charge in [-0.15, -0.1) is 0 Å². The number of carbonyl (C=O) groups is 1. The van der Waals surface area contributed by atoms with Crippen LogP contribution >= 0.6 is 0 Å². The Hall–Kier alpha value is -1.32. The van der Waals surface area contributed by atoms with Crippen LogP contribution in [0.3, 0.4) is 0 Å². The summed E-state index contributed by atoms with van der Waals surface area (Å²) >= 11 is 0. The molecule has 4 fully saturated rings. The van der Waals surface area contributed by atoms with Gasteiger partial charge in [-0.25, -0.2) is 0 Å². The minimum absolute atomic E-state index is 0.283. The van der Waals surface area contributed by atoms with Crippen molar-refractivity contribution >= 4 is 5.91 Å². The van der Waals surface area contributed by atoms with Crippen molar-refractivity contribution in [3.8, 4) is 0 Å². The van der Waals surface area contributed by atoms with Crippen molar-refractivity contribution < 1.29 is 4.79 Å². The lowest BCUT2D eigenvalue weighted by Gasteiger charge is -2.56. The average molecular weight is 329 g/mol. The fourth-order valence-electron chi connectivity index (χ4n) is 6.27. The van der Waals surface area contributed by atoms with Crippen LogP contribution in [0.5, 0.6) is 0 Å². The van der Waals surface area contributed by atoms with Gasteiger partial charge in [-0.3, -0.25) is 9.48 Å². The van der Waals surface area contributed by atoms with Crippen molar-refractivity contribution in [2.45, 2.75) is 71.8 Å². The number of aromatic nitrogens is 2. The molecule has 0 radical (unpaired) electrons. The lowest BCUT2D eigenvalue weighted by atomic mass is 9.49. The van der Waals surface area contributed by atoms with Gasteiger partial charge in [-0.1, -0.05) is 0 Å². The second kappa shape index (κ2) is 6.20. The molecule has 132 valence electrons. The van der Waals surface area contributed by atoms with Crippen molar-refractivity contribution in [3.05, 3.63) is 17.5 Å². The van der Waals surface area contributed by atoms with E-state index in [-0.39, 0.29) is 5.91 Å². The Labute approximate surface area is 145 Å². The van der Waals surface area contributed by atoms with Crippen LogP contribution in [0.1, 0.15) is 62.8 Å². The molecule has 4 bridgehead atoms. The van der Waals surface area contributed by atoms with Gasteiger partial charge in [-0.2, -0.15) is 5.10 Å². The lowest BCUT2D eigenvalue weighted by molar-refractivity contribution is -0.129. The van der Waals surface area contributed by atoms with Crippen LogP contribution in [-0.2, 0) is 11.3 Å². The SMILES string of the molecule is Cc1cc(C)n(CCCNC(=O)CC23CC4CC(CC(C4)C2)C3)n1. The van der Waals surface area contributed by atoms with Gasteiger partial charge >= 0.3 is 0 Å². The molecule has 1 aromatic rings. The number of rotatable bonds is 6. The normalized spacial score (nSPS) is 33.8. The van der Waals surface area contributed by atoms with Crippen LogP contribution in [-0.4, -0.2) is 22.2 Å². The number of nitrogens with one attached hydrogen (secondary N) is 1. The van der Waals surface area contributed by atoms with Gasteiger partial charge in [0, 0.05) is 25.2 Å². The maximum atomic E-state index is 12.5. The standard InChI is InChI=1S/C20H31N3O/c1-14-6-15(2)23(22-14)5-3-4-21-19(24)13-20-10-16-7-17(11-20)9-18(8-16)12-20/h6,16-18H,3-5,7-13H2,1-2H3,(H,21,24). The second-order valence-corrected chi connectivity index (χ2v) is 8.95. The van der Waals surface area contributed by atoms with E-state index in [1.165, 1.54) is 44.2 Å². The summed E-state index contributed by atoms with van der Waals surface area (Å²) in [4.78, 5) is 12.5. The van der Waals surface area contributed by atoms with Gasteiger partial charge in [0.15, 0.2) is 0 Å². The van der Waals surface area contributed by atoms with Gasteiger partial charge in [0.25, 0.3) is 0 Å². The summed E-state index contributed by atoms with van der Waals surface area (Å²) in [7, 11) is 0. The predicted molar refractivity (Wildman–Crippen MR) is 94.5 cm³/mol. The molecular weight excluding hydrogens is 298 g/mol. The summed E-state index contributed by atoms with van der Waals surface area (Å²) < 4.78 is 2.04. The van der Waals surface area contributed by atoms with Crippen molar-refractivity contribution in [1.82, 2.24) is 15.1 Å². The van der Waals surface area contributed by atoms with Crippen LogP contribution in [0.25, 0.3) is 0 Å². The highest BCUT2D eigenvalue weighted by Crippen LogP contribution is 2.61. The van der Waals surface area contributed by atoms with Gasteiger partial charge in [0.1, 0.15) is 0 Å². The fraction of sp³-hybridized carbons (Fsp3) is 0.800. The molecule has 0 saturated heterocycles. The highest BCUT2D eigenvalue weighted by atomic mass is 16.1. The number of amides is 1. The minimum Gasteiger partial charge on any atom is -0.356 e. The van der Waals surface area contributed by atoms with E-state index in [1.807, 2.05) is 11.6 Å². The number of hydrogen-bond donors (Lipinski definition) is 1. The Kier molecular flexibility index (Phi) is 4.17. The summed E-state index contributed by atoms with van der Waals surface area (Å²) in [6, 6.07) is 2.10. The maximum absolute atomic E-state index is 12.5. The first-order valence-corrected chi connectivity index (χ1v) is 9.79. The molecule has 0 atom stereocenters. The number of hydrogen-bond acceptors (Lipinski definition) is 2.